The van der Waals surface area contributed by atoms with Crippen LogP contribution in [0.25, 0.3) is 5.69 Å². The number of anilines is 1. The molecule has 3 rings (SSSR count). The van der Waals surface area contributed by atoms with E-state index in [-0.39, 0.29) is 5.91 Å². The van der Waals surface area contributed by atoms with Crippen LogP contribution in [0.2, 0.25) is 0 Å². The summed E-state index contributed by atoms with van der Waals surface area (Å²) >= 11 is 0. The molecule has 0 aliphatic carbocycles. The summed E-state index contributed by atoms with van der Waals surface area (Å²) < 4.78 is 12.2. The number of benzene rings is 2. The van der Waals surface area contributed by atoms with Crippen molar-refractivity contribution in [2.45, 2.75) is 0 Å². The van der Waals surface area contributed by atoms with Crippen molar-refractivity contribution in [3.8, 4) is 11.4 Å². The van der Waals surface area contributed by atoms with Crippen molar-refractivity contribution in [1.29, 1.82) is 0 Å². The lowest BCUT2D eigenvalue weighted by Crippen LogP contribution is -2.12. The highest BCUT2D eigenvalue weighted by Gasteiger charge is 2.07. The molecule has 0 fully saturated rings. The lowest BCUT2D eigenvalue weighted by Gasteiger charge is -2.09. The molecule has 3 aromatic rings. The van der Waals surface area contributed by atoms with E-state index in [4.69, 9.17) is 9.47 Å². The van der Waals surface area contributed by atoms with E-state index < -0.39 is 0 Å². The van der Waals surface area contributed by atoms with E-state index in [2.05, 4.69) is 15.5 Å². The number of methoxy groups -OCH3 is 1. The smallest absolute Gasteiger partial charge is 0.255 e. The van der Waals surface area contributed by atoms with Gasteiger partial charge in [0.15, 0.2) is 0 Å². The quantitative estimate of drug-likeness (QED) is 0.670. The normalized spacial score (nSPS) is 10.4. The minimum atomic E-state index is -0.190. The molecule has 1 aromatic heterocycles. The maximum atomic E-state index is 12.4. The predicted octanol–water partition coefficient (Wildman–Crippen LogP) is 2.54. The molecule has 2 aromatic carbocycles. The highest BCUT2D eigenvalue weighted by atomic mass is 16.5. The Balaban J connectivity index is 1.65. The van der Waals surface area contributed by atoms with Crippen LogP contribution in [0, 0.1) is 0 Å². The van der Waals surface area contributed by atoms with Gasteiger partial charge in [-0.3, -0.25) is 9.36 Å². The number of amides is 1. The molecule has 1 amide bonds. The Morgan fingerprint density at radius 1 is 1.08 bits per heavy atom. The second-order valence-corrected chi connectivity index (χ2v) is 5.24. The number of carbonyl (C=O) groups is 1. The molecular formula is C18H18N4O3. The van der Waals surface area contributed by atoms with Crippen molar-refractivity contribution in [3.63, 3.8) is 0 Å². The van der Waals surface area contributed by atoms with E-state index in [1.165, 1.54) is 0 Å². The Hall–Kier alpha value is -3.19. The third kappa shape index (κ3) is 4.42. The van der Waals surface area contributed by atoms with Crippen molar-refractivity contribution in [3.05, 3.63) is 66.7 Å². The van der Waals surface area contributed by atoms with Gasteiger partial charge in [-0.25, -0.2) is 0 Å². The number of nitrogens with zero attached hydrogens (tertiary/aromatic N) is 3. The van der Waals surface area contributed by atoms with Gasteiger partial charge in [0, 0.05) is 18.4 Å². The van der Waals surface area contributed by atoms with Gasteiger partial charge in [0.25, 0.3) is 5.91 Å². The number of hydrogen-bond donors (Lipinski definition) is 1. The summed E-state index contributed by atoms with van der Waals surface area (Å²) in [5.41, 5.74) is 2.11. The fraction of sp³-hybridized carbons (Fsp3) is 0.167. The molecule has 0 spiro atoms. The first kappa shape index (κ1) is 16.7. The molecule has 0 radical (unpaired) electrons. The first-order valence-corrected chi connectivity index (χ1v) is 7.74. The van der Waals surface area contributed by atoms with Gasteiger partial charge in [0.05, 0.1) is 12.3 Å². The van der Waals surface area contributed by atoms with Gasteiger partial charge in [-0.2, -0.15) is 0 Å². The maximum Gasteiger partial charge on any atom is 0.255 e. The number of ether oxygens (including phenoxy) is 2. The predicted molar refractivity (Wildman–Crippen MR) is 93.1 cm³/mol. The van der Waals surface area contributed by atoms with Gasteiger partial charge in [-0.15, -0.1) is 10.2 Å². The fourth-order valence-corrected chi connectivity index (χ4v) is 2.23. The van der Waals surface area contributed by atoms with E-state index >= 15 is 0 Å². The first-order valence-electron chi connectivity index (χ1n) is 7.74. The van der Waals surface area contributed by atoms with Crippen LogP contribution in [0.5, 0.6) is 5.75 Å². The van der Waals surface area contributed by atoms with E-state index in [0.29, 0.717) is 30.2 Å². The molecule has 0 aliphatic heterocycles. The summed E-state index contributed by atoms with van der Waals surface area (Å²) in [5, 5.41) is 10.4. The largest absolute Gasteiger partial charge is 0.491 e. The molecular weight excluding hydrogens is 320 g/mol. The topological polar surface area (TPSA) is 78.3 Å². The van der Waals surface area contributed by atoms with Gasteiger partial charge in [0.1, 0.15) is 25.0 Å². The van der Waals surface area contributed by atoms with E-state index in [0.717, 1.165) is 5.69 Å². The van der Waals surface area contributed by atoms with Crippen molar-refractivity contribution < 1.29 is 14.3 Å². The number of rotatable bonds is 7. The van der Waals surface area contributed by atoms with Gasteiger partial charge < -0.3 is 14.8 Å². The highest BCUT2D eigenvalue weighted by molar-refractivity contribution is 6.04. The van der Waals surface area contributed by atoms with E-state index in [9.17, 15) is 4.79 Å². The molecule has 1 N–H and O–H groups in total. The Morgan fingerprint density at radius 2 is 1.84 bits per heavy atom. The average Bonchev–Trinajstić information content (AvgIpc) is 3.17. The molecule has 0 atom stereocenters. The molecule has 25 heavy (non-hydrogen) atoms. The summed E-state index contributed by atoms with van der Waals surface area (Å²) in [5.74, 6) is 0.507. The maximum absolute atomic E-state index is 12.4. The van der Waals surface area contributed by atoms with Crippen molar-refractivity contribution in [1.82, 2.24) is 14.8 Å². The minimum Gasteiger partial charge on any atom is -0.491 e. The Bertz CT molecular complexity index is 817. The van der Waals surface area contributed by atoms with E-state index in [1.807, 2.05) is 24.3 Å². The van der Waals surface area contributed by atoms with Crippen LogP contribution >= 0.6 is 0 Å². The SMILES string of the molecule is COCCOc1ccc(C(=O)Nc2cccc(-n3cnnc3)c2)cc1. The summed E-state index contributed by atoms with van der Waals surface area (Å²) in [6.07, 6.45) is 3.20. The molecule has 1 heterocycles. The van der Waals surface area contributed by atoms with Crippen LogP contribution in [-0.4, -0.2) is 41.0 Å². The van der Waals surface area contributed by atoms with Crippen LogP contribution in [0.1, 0.15) is 10.4 Å². The summed E-state index contributed by atoms with van der Waals surface area (Å²) in [6.45, 7) is 0.989. The number of hydrogen-bond acceptors (Lipinski definition) is 5. The third-order valence-corrected chi connectivity index (χ3v) is 3.49. The number of nitrogens with one attached hydrogen (secondary N) is 1. The minimum absolute atomic E-state index is 0.190. The zero-order chi connectivity index (χ0) is 17.5. The number of carbonyl (C=O) groups excluding carboxylic acids is 1. The average molecular weight is 338 g/mol. The second kappa shape index (κ2) is 8.07. The highest BCUT2D eigenvalue weighted by Crippen LogP contribution is 2.17. The zero-order valence-corrected chi connectivity index (χ0v) is 13.8. The second-order valence-electron chi connectivity index (χ2n) is 5.24. The number of aromatic nitrogens is 3. The monoisotopic (exact) mass is 338 g/mol. The fourth-order valence-electron chi connectivity index (χ4n) is 2.23. The molecule has 7 nitrogen and oxygen atoms in total. The molecule has 0 unspecified atom stereocenters. The van der Waals surface area contributed by atoms with Crippen LogP contribution in [0.15, 0.2) is 61.2 Å². The lowest BCUT2D eigenvalue weighted by molar-refractivity contribution is 0.102. The first-order chi connectivity index (χ1) is 12.3. The molecule has 0 bridgehead atoms. The van der Waals surface area contributed by atoms with Gasteiger partial charge >= 0.3 is 0 Å². The zero-order valence-electron chi connectivity index (χ0n) is 13.8. The summed E-state index contributed by atoms with van der Waals surface area (Å²) in [6, 6.07) is 14.4. The van der Waals surface area contributed by atoms with E-state index in [1.54, 1.807) is 48.6 Å². The van der Waals surface area contributed by atoms with Gasteiger partial charge in [-0.1, -0.05) is 6.07 Å². The van der Waals surface area contributed by atoms with Crippen LogP contribution in [-0.2, 0) is 4.74 Å². The molecule has 0 saturated heterocycles. The summed E-state index contributed by atoms with van der Waals surface area (Å²) in [4.78, 5) is 12.4. The Morgan fingerprint density at radius 3 is 2.56 bits per heavy atom. The summed E-state index contributed by atoms with van der Waals surface area (Å²) in [7, 11) is 1.62. The van der Waals surface area contributed by atoms with Crippen molar-refractivity contribution in [2.75, 3.05) is 25.6 Å². The Kier molecular flexibility index (Phi) is 5.38. The molecule has 7 heteroatoms. The van der Waals surface area contributed by atoms with Crippen LogP contribution in [0.4, 0.5) is 5.69 Å². The van der Waals surface area contributed by atoms with Gasteiger partial charge in [0.2, 0.25) is 0 Å². The van der Waals surface area contributed by atoms with Crippen LogP contribution < -0.4 is 10.1 Å². The Labute approximate surface area is 145 Å². The molecule has 0 saturated carbocycles. The standard InChI is InChI=1S/C18H18N4O3/c1-24-9-10-25-17-7-5-14(6-8-17)18(23)21-15-3-2-4-16(11-15)22-12-19-20-13-22/h2-8,11-13H,9-10H2,1H3,(H,21,23). The van der Waals surface area contributed by atoms with Crippen molar-refractivity contribution in [2.24, 2.45) is 0 Å². The molecule has 0 aliphatic rings. The van der Waals surface area contributed by atoms with Gasteiger partial charge in [-0.05, 0) is 42.5 Å². The van der Waals surface area contributed by atoms with Crippen molar-refractivity contribution >= 4 is 11.6 Å². The third-order valence-electron chi connectivity index (χ3n) is 3.49. The van der Waals surface area contributed by atoms with Crippen LogP contribution in [0.3, 0.4) is 0 Å². The lowest BCUT2D eigenvalue weighted by atomic mass is 10.2. The molecule has 128 valence electrons.